The van der Waals surface area contributed by atoms with E-state index in [1.807, 2.05) is 48.5 Å². The Hall–Kier alpha value is -3.86. The van der Waals surface area contributed by atoms with Gasteiger partial charge in [-0.1, -0.05) is 60.7 Å². The second-order valence-corrected chi connectivity index (χ2v) is 6.06. The van der Waals surface area contributed by atoms with Crippen LogP contribution in [-0.2, 0) is 0 Å². The molecule has 1 heterocycles. The molecule has 0 aliphatic rings. The molecule has 0 amide bonds. The lowest BCUT2D eigenvalue weighted by Crippen LogP contribution is -2.28. The predicted molar refractivity (Wildman–Crippen MR) is 103 cm³/mol. The van der Waals surface area contributed by atoms with Crippen molar-refractivity contribution in [2.24, 2.45) is 0 Å². The second kappa shape index (κ2) is 6.80. The summed E-state index contributed by atoms with van der Waals surface area (Å²) in [4.78, 5) is 25.4. The van der Waals surface area contributed by atoms with Gasteiger partial charge in [0.05, 0.1) is 11.9 Å². The Kier molecular flexibility index (Phi) is 4.18. The fourth-order valence-electron chi connectivity index (χ4n) is 2.96. The monoisotopic (exact) mass is 356 g/mol. The number of rotatable bonds is 3. The van der Waals surface area contributed by atoms with Gasteiger partial charge in [-0.3, -0.25) is 9.36 Å². The van der Waals surface area contributed by atoms with Crippen LogP contribution >= 0.6 is 0 Å². The van der Waals surface area contributed by atoms with Crippen LogP contribution in [0.25, 0.3) is 16.8 Å². The van der Waals surface area contributed by atoms with E-state index in [0.29, 0.717) is 11.3 Å². The zero-order valence-corrected chi connectivity index (χ0v) is 14.3. The zero-order valence-electron chi connectivity index (χ0n) is 14.3. The SMILES string of the molecule is O=C(c1ccc(-c2ccccc2)cc1)n1c(O)cn(-c2ccccc2)c1=O. The molecule has 0 aliphatic carbocycles. The first kappa shape index (κ1) is 16.6. The molecule has 0 bridgehead atoms. The summed E-state index contributed by atoms with van der Waals surface area (Å²) in [7, 11) is 0. The number of aromatic hydroxyl groups is 1. The van der Waals surface area contributed by atoms with E-state index < -0.39 is 17.5 Å². The largest absolute Gasteiger partial charge is 0.493 e. The van der Waals surface area contributed by atoms with E-state index in [1.165, 1.54) is 10.8 Å². The number of imidazole rings is 1. The van der Waals surface area contributed by atoms with E-state index >= 15 is 0 Å². The lowest BCUT2D eigenvalue weighted by atomic mass is 10.0. The Bertz CT molecular complexity index is 1140. The molecule has 4 rings (SSSR count). The van der Waals surface area contributed by atoms with Gasteiger partial charge in [0.1, 0.15) is 0 Å². The third-order valence-corrected chi connectivity index (χ3v) is 4.35. The van der Waals surface area contributed by atoms with E-state index in [-0.39, 0.29) is 0 Å². The van der Waals surface area contributed by atoms with Crippen LogP contribution in [0.5, 0.6) is 5.88 Å². The Morgan fingerprint density at radius 1 is 0.741 bits per heavy atom. The minimum Gasteiger partial charge on any atom is -0.493 e. The number of para-hydroxylation sites is 1. The summed E-state index contributed by atoms with van der Waals surface area (Å²) in [6.45, 7) is 0. The minimum atomic E-state index is -0.615. The van der Waals surface area contributed by atoms with Gasteiger partial charge in [0.15, 0.2) is 0 Å². The highest BCUT2D eigenvalue weighted by Gasteiger charge is 2.19. The Morgan fingerprint density at radius 2 is 1.30 bits per heavy atom. The van der Waals surface area contributed by atoms with Gasteiger partial charge in [-0.25, -0.2) is 4.79 Å². The van der Waals surface area contributed by atoms with E-state index in [2.05, 4.69) is 0 Å². The van der Waals surface area contributed by atoms with Crippen molar-refractivity contribution in [1.82, 2.24) is 9.13 Å². The highest BCUT2D eigenvalue weighted by molar-refractivity contribution is 5.97. The fourth-order valence-corrected chi connectivity index (χ4v) is 2.96. The molecule has 0 atom stereocenters. The maximum Gasteiger partial charge on any atom is 0.342 e. The zero-order chi connectivity index (χ0) is 18.8. The van der Waals surface area contributed by atoms with E-state index in [0.717, 1.165) is 15.7 Å². The quantitative estimate of drug-likeness (QED) is 0.609. The van der Waals surface area contributed by atoms with E-state index in [1.54, 1.807) is 36.4 Å². The summed E-state index contributed by atoms with van der Waals surface area (Å²) in [5.41, 5.74) is 2.27. The molecule has 0 unspecified atom stereocenters. The summed E-state index contributed by atoms with van der Waals surface area (Å²) in [6.07, 6.45) is 1.24. The normalized spacial score (nSPS) is 10.7. The molecule has 3 aromatic carbocycles. The van der Waals surface area contributed by atoms with Gasteiger partial charge in [0.2, 0.25) is 5.88 Å². The van der Waals surface area contributed by atoms with Crippen molar-refractivity contribution in [3.63, 3.8) is 0 Å². The highest BCUT2D eigenvalue weighted by atomic mass is 16.3. The van der Waals surface area contributed by atoms with Crippen molar-refractivity contribution in [3.8, 4) is 22.7 Å². The molecule has 0 saturated carbocycles. The van der Waals surface area contributed by atoms with Crippen molar-refractivity contribution < 1.29 is 9.90 Å². The Morgan fingerprint density at radius 3 is 1.93 bits per heavy atom. The van der Waals surface area contributed by atoms with Crippen LogP contribution in [0.1, 0.15) is 10.4 Å². The molecule has 0 saturated heterocycles. The Balaban J connectivity index is 1.70. The first-order valence-electron chi connectivity index (χ1n) is 8.44. The number of carbonyl (C=O) groups excluding carboxylic acids is 1. The summed E-state index contributed by atoms with van der Waals surface area (Å²) in [6, 6.07) is 25.6. The van der Waals surface area contributed by atoms with E-state index in [4.69, 9.17) is 0 Å². The number of carbonyl (C=O) groups is 1. The molecule has 4 aromatic rings. The summed E-state index contributed by atoms with van der Waals surface area (Å²) < 4.78 is 2.01. The second-order valence-electron chi connectivity index (χ2n) is 6.06. The van der Waals surface area contributed by atoms with Gasteiger partial charge in [0, 0.05) is 5.56 Å². The third kappa shape index (κ3) is 3.06. The van der Waals surface area contributed by atoms with Crippen LogP contribution in [0, 0.1) is 0 Å². The fraction of sp³-hybridized carbons (Fsp3) is 0. The van der Waals surface area contributed by atoms with Crippen molar-refractivity contribution in [2.75, 3.05) is 0 Å². The molecular formula is C22H16N2O3. The lowest BCUT2D eigenvalue weighted by molar-refractivity contribution is 0.0947. The molecule has 0 fully saturated rings. The van der Waals surface area contributed by atoms with Crippen LogP contribution in [0.4, 0.5) is 0 Å². The van der Waals surface area contributed by atoms with Crippen molar-refractivity contribution in [1.29, 1.82) is 0 Å². The first-order valence-corrected chi connectivity index (χ1v) is 8.44. The van der Waals surface area contributed by atoms with Gasteiger partial charge in [0.25, 0.3) is 5.91 Å². The topological polar surface area (TPSA) is 64.2 Å². The van der Waals surface area contributed by atoms with Gasteiger partial charge < -0.3 is 5.11 Å². The van der Waals surface area contributed by atoms with Crippen molar-refractivity contribution in [3.05, 3.63) is 107 Å². The average molecular weight is 356 g/mol. The summed E-state index contributed by atoms with van der Waals surface area (Å²) >= 11 is 0. The van der Waals surface area contributed by atoms with Crippen molar-refractivity contribution in [2.45, 2.75) is 0 Å². The van der Waals surface area contributed by atoms with Gasteiger partial charge in [-0.15, -0.1) is 0 Å². The van der Waals surface area contributed by atoms with E-state index in [9.17, 15) is 14.7 Å². The summed E-state index contributed by atoms with van der Waals surface area (Å²) in [5, 5.41) is 10.2. The highest BCUT2D eigenvalue weighted by Crippen LogP contribution is 2.20. The van der Waals surface area contributed by atoms with Crippen LogP contribution in [0.2, 0.25) is 0 Å². The molecule has 0 spiro atoms. The first-order chi connectivity index (χ1) is 13.1. The summed E-state index contributed by atoms with van der Waals surface area (Å²) in [5.74, 6) is -0.979. The number of nitrogens with zero attached hydrogens (tertiary/aromatic N) is 2. The number of aromatic nitrogens is 2. The van der Waals surface area contributed by atoms with Gasteiger partial charge in [-0.05, 0) is 35.4 Å². The smallest absolute Gasteiger partial charge is 0.342 e. The van der Waals surface area contributed by atoms with Crippen LogP contribution in [0.3, 0.4) is 0 Å². The molecule has 27 heavy (non-hydrogen) atoms. The van der Waals surface area contributed by atoms with Crippen LogP contribution in [-0.4, -0.2) is 20.1 Å². The number of benzene rings is 3. The molecule has 1 N–H and O–H groups in total. The number of hydrogen-bond acceptors (Lipinski definition) is 3. The molecule has 5 heteroatoms. The molecule has 0 radical (unpaired) electrons. The van der Waals surface area contributed by atoms with Crippen molar-refractivity contribution >= 4 is 5.91 Å². The lowest BCUT2D eigenvalue weighted by Gasteiger charge is -2.05. The molecule has 132 valence electrons. The van der Waals surface area contributed by atoms with Crippen LogP contribution < -0.4 is 5.69 Å². The molecule has 5 nitrogen and oxygen atoms in total. The molecular weight excluding hydrogens is 340 g/mol. The van der Waals surface area contributed by atoms with Gasteiger partial charge >= 0.3 is 5.69 Å². The molecule has 1 aromatic heterocycles. The number of hydrogen-bond donors (Lipinski definition) is 1. The minimum absolute atomic E-state index is 0.317. The third-order valence-electron chi connectivity index (χ3n) is 4.35. The Labute approximate surface area is 155 Å². The average Bonchev–Trinajstić information content (AvgIpc) is 3.03. The maximum atomic E-state index is 12.8. The van der Waals surface area contributed by atoms with Crippen LogP contribution in [0.15, 0.2) is 95.9 Å². The van der Waals surface area contributed by atoms with Gasteiger partial charge in [-0.2, -0.15) is 4.57 Å². The predicted octanol–water partition coefficient (Wildman–Crippen LogP) is 3.70. The maximum absolute atomic E-state index is 12.8. The molecule has 0 aliphatic heterocycles. The standard InChI is InChI=1S/C22H16N2O3/c25-20-15-23(19-9-5-2-6-10-19)22(27)24(20)21(26)18-13-11-17(12-14-18)16-7-3-1-4-8-16/h1-15,25H.